The second kappa shape index (κ2) is 2.04. The van der Waals surface area contributed by atoms with Gasteiger partial charge in [-0.15, -0.1) is 5.10 Å². The van der Waals surface area contributed by atoms with Crippen molar-refractivity contribution in [2.24, 2.45) is 0 Å². The van der Waals surface area contributed by atoms with Crippen molar-refractivity contribution in [3.63, 3.8) is 0 Å². The molecule has 0 saturated heterocycles. The van der Waals surface area contributed by atoms with Gasteiger partial charge in [0.1, 0.15) is 5.56 Å². The summed E-state index contributed by atoms with van der Waals surface area (Å²) in [7, 11) is 0. The molecule has 1 aromatic rings. The van der Waals surface area contributed by atoms with Crippen LogP contribution in [0.3, 0.4) is 0 Å². The Morgan fingerprint density at radius 1 is 1.75 bits per heavy atom. The molecule has 2 N–H and O–H groups in total. The molecule has 0 bridgehead atoms. The van der Waals surface area contributed by atoms with Crippen molar-refractivity contribution in [3.8, 4) is 0 Å². The van der Waals surface area contributed by atoms with Gasteiger partial charge in [0.15, 0.2) is 0 Å². The van der Waals surface area contributed by atoms with E-state index in [1.54, 1.807) is 0 Å². The molecule has 0 atom stereocenters. The van der Waals surface area contributed by atoms with Gasteiger partial charge in [0.2, 0.25) is 0 Å². The van der Waals surface area contributed by atoms with E-state index >= 15 is 0 Å². The Morgan fingerprint density at radius 2 is 2.42 bits per heavy atom. The molecule has 1 saturated carbocycles. The summed E-state index contributed by atoms with van der Waals surface area (Å²) in [6.45, 7) is 0. The van der Waals surface area contributed by atoms with Crippen LogP contribution in [0.1, 0.15) is 18.4 Å². The highest BCUT2D eigenvalue weighted by Gasteiger charge is 2.47. The first-order valence-corrected chi connectivity index (χ1v) is 3.54. The fraction of sp³-hybridized carbons (Fsp3) is 0.500. The monoisotopic (exact) mass is 169 g/mol. The summed E-state index contributed by atoms with van der Waals surface area (Å²) in [5.41, 5.74) is -0.692. The Bertz CT molecular complexity index is 329. The van der Waals surface area contributed by atoms with Crippen molar-refractivity contribution in [1.29, 1.82) is 0 Å². The fourth-order valence-electron chi connectivity index (χ4n) is 1.15. The highest BCUT2D eigenvalue weighted by molar-refractivity contribution is 5.38. The molecule has 1 fully saturated rings. The minimum atomic E-state index is -0.991. The smallest absolute Gasteiger partial charge is 0.348 e. The third-order valence-corrected chi connectivity index (χ3v) is 2.03. The van der Waals surface area contributed by atoms with Crippen molar-refractivity contribution in [3.05, 3.63) is 21.9 Å². The number of nitrogens with zero attached hydrogens (tertiary/aromatic N) is 2. The number of aliphatic hydroxyl groups is 1. The van der Waals surface area contributed by atoms with E-state index in [0.29, 0.717) is 18.4 Å². The fourth-order valence-corrected chi connectivity index (χ4v) is 1.15. The molecule has 64 valence electrons. The van der Waals surface area contributed by atoms with E-state index in [2.05, 4.69) is 10.2 Å². The molecular weight excluding hydrogens is 162 g/mol. The van der Waals surface area contributed by atoms with Crippen LogP contribution in [-0.2, 0) is 5.60 Å². The van der Waals surface area contributed by atoms with Gasteiger partial charge in [-0.2, -0.15) is 0 Å². The van der Waals surface area contributed by atoms with Crippen LogP contribution in [0.15, 0.2) is 6.20 Å². The predicted molar refractivity (Wildman–Crippen MR) is 38.4 cm³/mol. The Hall–Kier alpha value is -1.43. The zero-order valence-corrected chi connectivity index (χ0v) is 6.15. The molecule has 0 spiro atoms. The predicted octanol–water partition coefficient (Wildman–Crippen LogP) is 0.299. The SMILES string of the molecule is O=[N+]([O-])c1[nH]ncc1C1(O)CC1. The summed E-state index contributed by atoms with van der Waals surface area (Å²) in [5.74, 6) is -0.199. The Labute approximate surface area is 67.4 Å². The van der Waals surface area contributed by atoms with Crippen LogP contribution < -0.4 is 0 Å². The number of nitro groups is 1. The molecule has 1 heterocycles. The zero-order chi connectivity index (χ0) is 8.77. The van der Waals surface area contributed by atoms with E-state index in [1.807, 2.05) is 0 Å². The number of rotatable bonds is 2. The lowest BCUT2D eigenvalue weighted by Crippen LogP contribution is -2.05. The van der Waals surface area contributed by atoms with Crippen molar-refractivity contribution in [2.45, 2.75) is 18.4 Å². The topological polar surface area (TPSA) is 92.0 Å². The molecule has 1 aliphatic rings. The largest absolute Gasteiger partial charge is 0.385 e. The second-order valence-corrected chi connectivity index (χ2v) is 2.92. The van der Waals surface area contributed by atoms with Crippen LogP contribution in [0.5, 0.6) is 0 Å². The summed E-state index contributed by atoms with van der Waals surface area (Å²) in [5, 5.41) is 25.7. The number of nitrogens with one attached hydrogen (secondary N) is 1. The maximum Gasteiger partial charge on any atom is 0.348 e. The molecule has 1 aliphatic carbocycles. The standard InChI is InChI=1S/C6H7N3O3/c10-6(1-2-6)4-3-7-8-5(4)9(11)12/h3,10H,1-2H2,(H,7,8). The van der Waals surface area contributed by atoms with Gasteiger partial charge in [-0.3, -0.25) is 0 Å². The molecule has 0 aromatic carbocycles. The van der Waals surface area contributed by atoms with Crippen molar-refractivity contribution >= 4 is 5.82 Å². The van der Waals surface area contributed by atoms with Crippen LogP contribution in [0.25, 0.3) is 0 Å². The number of aromatic nitrogens is 2. The molecular formula is C6H7N3O3. The average Bonchev–Trinajstić information content (AvgIpc) is 2.61. The molecule has 6 nitrogen and oxygen atoms in total. The molecule has 0 amide bonds. The summed E-state index contributed by atoms with van der Waals surface area (Å²) in [6.07, 6.45) is 2.46. The lowest BCUT2D eigenvalue weighted by atomic mass is 10.2. The maximum atomic E-state index is 10.4. The van der Waals surface area contributed by atoms with Crippen LogP contribution >= 0.6 is 0 Å². The van der Waals surface area contributed by atoms with E-state index in [1.165, 1.54) is 6.20 Å². The van der Waals surface area contributed by atoms with Crippen LogP contribution in [-0.4, -0.2) is 20.2 Å². The van der Waals surface area contributed by atoms with E-state index < -0.39 is 10.5 Å². The van der Waals surface area contributed by atoms with Crippen molar-refractivity contribution in [1.82, 2.24) is 10.2 Å². The zero-order valence-electron chi connectivity index (χ0n) is 6.15. The first-order chi connectivity index (χ1) is 5.63. The second-order valence-electron chi connectivity index (χ2n) is 2.92. The van der Waals surface area contributed by atoms with E-state index in [-0.39, 0.29) is 5.82 Å². The number of hydrogen-bond acceptors (Lipinski definition) is 4. The van der Waals surface area contributed by atoms with E-state index in [0.717, 1.165) is 0 Å². The molecule has 6 heteroatoms. The van der Waals surface area contributed by atoms with Crippen molar-refractivity contribution in [2.75, 3.05) is 0 Å². The highest BCUT2D eigenvalue weighted by Crippen LogP contribution is 2.47. The molecule has 2 rings (SSSR count). The number of H-pyrrole nitrogens is 1. The summed E-state index contributed by atoms with van der Waals surface area (Å²) < 4.78 is 0. The summed E-state index contributed by atoms with van der Waals surface area (Å²) in [6, 6.07) is 0. The minimum Gasteiger partial charge on any atom is -0.385 e. The first-order valence-electron chi connectivity index (χ1n) is 3.54. The Balaban J connectivity index is 2.43. The van der Waals surface area contributed by atoms with Gasteiger partial charge in [-0.05, 0) is 17.8 Å². The van der Waals surface area contributed by atoms with Gasteiger partial charge in [-0.1, -0.05) is 5.10 Å². The number of hydrogen-bond donors (Lipinski definition) is 2. The normalized spacial score (nSPS) is 19.1. The van der Waals surface area contributed by atoms with Crippen LogP contribution in [0.4, 0.5) is 5.82 Å². The molecule has 0 radical (unpaired) electrons. The van der Waals surface area contributed by atoms with Crippen LogP contribution in [0, 0.1) is 10.1 Å². The third-order valence-electron chi connectivity index (χ3n) is 2.03. The highest BCUT2D eigenvalue weighted by atomic mass is 16.6. The quantitative estimate of drug-likeness (QED) is 0.492. The Kier molecular flexibility index (Phi) is 1.23. The molecule has 0 unspecified atom stereocenters. The Morgan fingerprint density at radius 3 is 2.92 bits per heavy atom. The first kappa shape index (κ1) is 7.23. The number of aromatic amines is 1. The minimum absolute atomic E-state index is 0.199. The average molecular weight is 169 g/mol. The van der Waals surface area contributed by atoms with E-state index in [9.17, 15) is 15.2 Å². The third kappa shape index (κ3) is 0.884. The van der Waals surface area contributed by atoms with Crippen LogP contribution in [0.2, 0.25) is 0 Å². The van der Waals surface area contributed by atoms with Gasteiger partial charge < -0.3 is 15.2 Å². The van der Waals surface area contributed by atoms with Gasteiger partial charge in [0.25, 0.3) is 0 Å². The molecule has 1 aromatic heterocycles. The maximum absolute atomic E-state index is 10.4. The molecule has 0 aliphatic heterocycles. The van der Waals surface area contributed by atoms with Gasteiger partial charge in [0.05, 0.1) is 11.8 Å². The van der Waals surface area contributed by atoms with Crippen molar-refractivity contribution < 1.29 is 10.0 Å². The molecule has 12 heavy (non-hydrogen) atoms. The lowest BCUT2D eigenvalue weighted by Gasteiger charge is -2.02. The van der Waals surface area contributed by atoms with Gasteiger partial charge in [-0.25, -0.2) is 0 Å². The summed E-state index contributed by atoms with van der Waals surface area (Å²) in [4.78, 5) is 9.81. The van der Waals surface area contributed by atoms with Gasteiger partial charge in [0, 0.05) is 0 Å². The summed E-state index contributed by atoms with van der Waals surface area (Å²) >= 11 is 0. The van der Waals surface area contributed by atoms with E-state index in [4.69, 9.17) is 0 Å². The lowest BCUT2D eigenvalue weighted by molar-refractivity contribution is -0.390. The van der Waals surface area contributed by atoms with Gasteiger partial charge >= 0.3 is 5.82 Å².